The Morgan fingerprint density at radius 3 is 0.368 bits per heavy atom. The molecule has 0 aromatic carbocycles. The van der Waals surface area contributed by atoms with Crippen molar-refractivity contribution >= 4 is 11.9 Å². The number of rotatable bonds is 116. The summed E-state index contributed by atoms with van der Waals surface area (Å²) >= 11 is 0. The molecule has 0 aliphatic heterocycles. The molecular formula is C89H176O36. The highest BCUT2D eigenvalue weighted by atomic mass is 16.6. The molecule has 0 aromatic rings. The Hall–Kier alpha value is -2.34. The van der Waals surface area contributed by atoms with E-state index in [1.165, 1.54) is 51.4 Å². The fourth-order valence-electron chi connectivity index (χ4n) is 11.0. The molecule has 0 aliphatic rings. The molecule has 0 saturated carbocycles. The summed E-state index contributed by atoms with van der Waals surface area (Å²) in [6.45, 7) is 33.0. The average Bonchev–Trinajstić information content (AvgIpc) is 0.809. The van der Waals surface area contributed by atoms with Crippen LogP contribution in [0.15, 0.2) is 0 Å². The molecule has 0 N–H and O–H groups in total. The van der Waals surface area contributed by atoms with Gasteiger partial charge in [-0.05, 0) is 12.8 Å². The summed E-state index contributed by atoms with van der Waals surface area (Å²) in [4.78, 5) is 28.5. The van der Waals surface area contributed by atoms with Crippen molar-refractivity contribution in [3.8, 4) is 0 Å². The van der Waals surface area contributed by atoms with Crippen LogP contribution in [0.5, 0.6) is 0 Å². The van der Waals surface area contributed by atoms with Gasteiger partial charge in [0.1, 0.15) is 13.2 Å². The van der Waals surface area contributed by atoms with Gasteiger partial charge in [0.2, 0.25) is 0 Å². The lowest BCUT2D eigenvalue weighted by atomic mass is 9.77. The number of carbonyl (C=O) groups excluding carboxylic acids is 2. The van der Waals surface area contributed by atoms with Gasteiger partial charge in [-0.1, -0.05) is 117 Å². The standard InChI is InChI=1S/C89H176O36/c1-5-7-9-11-13-15-17-19-21-89(22-20-18-16-14-12-10-8-6-2,87(90)124-85-83-122-81-79-120-77-75-118-73-71-116-69-67-114-65-63-112-61-59-110-57-55-108-53-51-106-49-47-104-45-43-102-41-39-100-37-35-98-33-31-96-29-27-94-25-23-92-3)88(91)125-86-84-123-82-80-121-78-76-119-74-72-117-70-68-115-66-64-113-62-60-111-58-56-109-54-52-107-50-48-105-46-44-103-42-40-101-38-36-99-34-32-97-30-28-95-26-24-93-4/h5-86H2,1-4H3. The molecule has 0 radical (unpaired) electrons. The van der Waals surface area contributed by atoms with Gasteiger partial charge < -0.3 is 161 Å². The van der Waals surface area contributed by atoms with E-state index in [1.807, 2.05) is 0 Å². The maximum Gasteiger partial charge on any atom is 0.323 e. The molecule has 0 fully saturated rings. The van der Waals surface area contributed by atoms with Crippen molar-refractivity contribution in [2.45, 2.75) is 129 Å². The zero-order valence-electron chi connectivity index (χ0n) is 78.2. The first kappa shape index (κ1) is 123. The normalized spacial score (nSPS) is 11.9. The van der Waals surface area contributed by atoms with E-state index in [1.54, 1.807) is 14.2 Å². The molecule has 0 aromatic heterocycles. The predicted octanol–water partition coefficient (Wildman–Crippen LogP) is 7.91. The van der Waals surface area contributed by atoms with Crippen molar-refractivity contribution < 1.29 is 171 Å². The summed E-state index contributed by atoms with van der Waals surface area (Å²) in [5, 5.41) is 0. The molecule has 36 heteroatoms. The van der Waals surface area contributed by atoms with E-state index in [9.17, 15) is 9.59 Å². The Morgan fingerprint density at radius 1 is 0.144 bits per heavy atom. The summed E-state index contributed by atoms with van der Waals surface area (Å²) in [7, 11) is 3.29. The van der Waals surface area contributed by atoms with Crippen LogP contribution in [0.3, 0.4) is 0 Å². The summed E-state index contributed by atoms with van der Waals surface area (Å²) in [5.41, 5.74) is -1.42. The Morgan fingerprint density at radius 2 is 0.248 bits per heavy atom. The lowest BCUT2D eigenvalue weighted by Crippen LogP contribution is -2.43. The van der Waals surface area contributed by atoms with E-state index in [0.29, 0.717) is 409 Å². The molecule has 0 rings (SSSR count). The summed E-state index contributed by atoms with van der Waals surface area (Å²) in [5.74, 6) is -1.10. The fourth-order valence-corrected chi connectivity index (χ4v) is 11.0. The third-order valence-electron chi connectivity index (χ3n) is 17.9. The van der Waals surface area contributed by atoms with Gasteiger partial charge in [-0.15, -0.1) is 0 Å². The minimum absolute atomic E-state index is 0.00505. The van der Waals surface area contributed by atoms with Crippen molar-refractivity contribution in [3.63, 3.8) is 0 Å². The molecule has 0 saturated heterocycles. The molecule has 36 nitrogen and oxygen atoms in total. The second-order valence-electron chi connectivity index (χ2n) is 28.2. The molecular weight excluding hydrogens is 1640 g/mol. The molecule has 0 unspecified atom stereocenters. The third-order valence-corrected chi connectivity index (χ3v) is 17.9. The minimum atomic E-state index is -1.42. The minimum Gasteiger partial charge on any atom is -0.462 e. The molecule has 748 valence electrons. The third kappa shape index (κ3) is 100. The van der Waals surface area contributed by atoms with Crippen LogP contribution in [-0.2, 0) is 171 Å². The van der Waals surface area contributed by atoms with Gasteiger partial charge in [-0.2, -0.15) is 0 Å². The highest BCUT2D eigenvalue weighted by Crippen LogP contribution is 2.36. The van der Waals surface area contributed by atoms with Crippen LogP contribution >= 0.6 is 0 Å². The van der Waals surface area contributed by atoms with Crippen LogP contribution in [0, 0.1) is 5.41 Å². The summed E-state index contributed by atoms with van der Waals surface area (Å²) < 4.78 is 188. The highest BCUT2D eigenvalue weighted by Gasteiger charge is 2.48. The topological polar surface area (TPSA) is 348 Å². The van der Waals surface area contributed by atoms with E-state index in [4.69, 9.17) is 161 Å². The van der Waals surface area contributed by atoms with Gasteiger partial charge in [0.25, 0.3) is 0 Å². The SMILES string of the molecule is CCCCCCCCCCC(CCCCCCCCCC)(C(=O)OCCOCCOCCOCCOCCOCCOCCOCCOCCOCCOCCOCCOCCOCCOCCOCCOC)C(=O)OCCOCCOCCOCCOCCOCCOCCOCCOCCOCCOCCOCCOCCOCCOCCOCCOC. The highest BCUT2D eigenvalue weighted by molar-refractivity contribution is 6.00. The van der Waals surface area contributed by atoms with Gasteiger partial charge in [0.05, 0.1) is 410 Å². The maximum absolute atomic E-state index is 14.3. The van der Waals surface area contributed by atoms with Gasteiger partial charge in [-0.3, -0.25) is 9.59 Å². The first-order valence-electron chi connectivity index (χ1n) is 46.7. The van der Waals surface area contributed by atoms with Crippen LogP contribution < -0.4 is 0 Å². The largest absolute Gasteiger partial charge is 0.462 e. The molecule has 0 bridgehead atoms. The monoisotopic (exact) mass is 1820 g/mol. The van der Waals surface area contributed by atoms with Crippen LogP contribution in [0.25, 0.3) is 0 Å². The zero-order chi connectivity index (χ0) is 89.7. The van der Waals surface area contributed by atoms with Crippen molar-refractivity contribution in [1.82, 2.24) is 0 Å². The Bertz CT molecular complexity index is 1860. The molecule has 125 heavy (non-hydrogen) atoms. The fraction of sp³-hybridized carbons (Fsp3) is 0.978. The molecule has 0 atom stereocenters. The van der Waals surface area contributed by atoms with Crippen LogP contribution in [0.1, 0.15) is 129 Å². The Labute approximate surface area is 751 Å². The smallest absolute Gasteiger partial charge is 0.323 e. The van der Waals surface area contributed by atoms with Gasteiger partial charge >= 0.3 is 11.9 Å². The quantitative estimate of drug-likeness (QED) is 0.0317. The van der Waals surface area contributed by atoms with Crippen molar-refractivity contribution in [3.05, 3.63) is 0 Å². The van der Waals surface area contributed by atoms with Gasteiger partial charge in [0.15, 0.2) is 5.41 Å². The lowest BCUT2D eigenvalue weighted by Gasteiger charge is -2.30. The van der Waals surface area contributed by atoms with Gasteiger partial charge in [0, 0.05) is 14.2 Å². The number of ether oxygens (including phenoxy) is 34. The van der Waals surface area contributed by atoms with Gasteiger partial charge in [-0.25, -0.2) is 0 Å². The van der Waals surface area contributed by atoms with E-state index >= 15 is 0 Å². The Kier molecular flexibility index (Phi) is 110. The summed E-state index contributed by atoms with van der Waals surface area (Å²) in [6, 6.07) is 0. The first-order chi connectivity index (χ1) is 62.1. The van der Waals surface area contributed by atoms with E-state index in [0.717, 1.165) is 51.4 Å². The van der Waals surface area contributed by atoms with Crippen molar-refractivity contribution in [2.75, 3.05) is 437 Å². The number of unbranched alkanes of at least 4 members (excludes halogenated alkanes) is 14. The first-order valence-corrected chi connectivity index (χ1v) is 46.7. The van der Waals surface area contributed by atoms with Crippen LogP contribution in [0.2, 0.25) is 0 Å². The number of hydrogen-bond acceptors (Lipinski definition) is 36. The van der Waals surface area contributed by atoms with Crippen molar-refractivity contribution in [2.24, 2.45) is 5.41 Å². The summed E-state index contributed by atoms with van der Waals surface area (Å²) in [6.07, 6.45) is 18.1. The molecule has 0 spiro atoms. The second-order valence-corrected chi connectivity index (χ2v) is 28.2. The van der Waals surface area contributed by atoms with Crippen LogP contribution in [-0.4, -0.2) is 449 Å². The Balaban J connectivity index is 4.06. The number of hydrogen-bond donors (Lipinski definition) is 0. The average molecular weight is 1820 g/mol. The van der Waals surface area contributed by atoms with Crippen LogP contribution in [0.4, 0.5) is 0 Å². The molecule has 0 amide bonds. The second kappa shape index (κ2) is 112. The van der Waals surface area contributed by atoms with E-state index in [2.05, 4.69) is 13.8 Å². The number of esters is 2. The van der Waals surface area contributed by atoms with Crippen molar-refractivity contribution in [1.29, 1.82) is 0 Å². The van der Waals surface area contributed by atoms with E-state index < -0.39 is 17.4 Å². The lowest BCUT2D eigenvalue weighted by molar-refractivity contribution is -0.176. The molecule has 0 aliphatic carbocycles. The maximum atomic E-state index is 14.3. The molecule has 0 heterocycles. The number of carbonyl (C=O) groups is 2. The number of methoxy groups -OCH3 is 2. The van der Waals surface area contributed by atoms with E-state index in [-0.39, 0.29) is 26.4 Å². The zero-order valence-corrected chi connectivity index (χ0v) is 78.2. The predicted molar refractivity (Wildman–Crippen MR) is 467 cm³/mol.